The molecule has 0 amide bonds. The molecule has 13 heavy (non-hydrogen) atoms. The Morgan fingerprint density at radius 3 is 2.62 bits per heavy atom. The van der Waals surface area contributed by atoms with E-state index in [0.29, 0.717) is 24.0 Å². The lowest BCUT2D eigenvalue weighted by Gasteiger charge is -2.22. The molecule has 1 unspecified atom stereocenters. The van der Waals surface area contributed by atoms with Crippen molar-refractivity contribution < 1.29 is 14.6 Å². The summed E-state index contributed by atoms with van der Waals surface area (Å²) in [5, 5.41) is 9.88. The zero-order valence-corrected chi connectivity index (χ0v) is 7.96. The van der Waals surface area contributed by atoms with E-state index in [1.165, 1.54) is 0 Å². The highest BCUT2D eigenvalue weighted by Gasteiger charge is 2.41. The molecule has 0 saturated heterocycles. The van der Waals surface area contributed by atoms with Crippen molar-refractivity contribution >= 4 is 5.97 Å². The highest BCUT2D eigenvalue weighted by Crippen LogP contribution is 2.33. The van der Waals surface area contributed by atoms with Gasteiger partial charge in [0.15, 0.2) is 0 Å². The van der Waals surface area contributed by atoms with Gasteiger partial charge in [-0.3, -0.25) is 0 Å². The van der Waals surface area contributed by atoms with Gasteiger partial charge in [0.05, 0.1) is 0 Å². The molecule has 0 aromatic carbocycles. The van der Waals surface area contributed by atoms with Crippen LogP contribution in [0.4, 0.5) is 0 Å². The summed E-state index contributed by atoms with van der Waals surface area (Å²) in [6, 6.07) is 0. The summed E-state index contributed by atoms with van der Waals surface area (Å²) in [5.74, 6) is -1.82. The summed E-state index contributed by atoms with van der Waals surface area (Å²) in [4.78, 5) is 11.1. The van der Waals surface area contributed by atoms with E-state index in [1.54, 1.807) is 19.9 Å². The van der Waals surface area contributed by atoms with Gasteiger partial charge in [0.1, 0.15) is 0 Å². The molecule has 1 atom stereocenters. The van der Waals surface area contributed by atoms with Gasteiger partial charge >= 0.3 is 5.97 Å². The fraction of sp³-hybridized carbons (Fsp3) is 0.500. The molecule has 0 aromatic rings. The number of aliphatic hydroxyl groups is 1. The van der Waals surface area contributed by atoms with Crippen LogP contribution in [0.3, 0.4) is 0 Å². The van der Waals surface area contributed by atoms with Crippen molar-refractivity contribution in [1.29, 1.82) is 0 Å². The lowest BCUT2D eigenvalue weighted by Crippen LogP contribution is -2.30. The quantitative estimate of drug-likeness (QED) is 0.532. The first-order valence-corrected chi connectivity index (χ1v) is 4.26. The minimum Gasteiger partial charge on any atom is -0.426 e. The topological polar surface area (TPSA) is 46.5 Å². The molecule has 3 nitrogen and oxygen atoms in total. The van der Waals surface area contributed by atoms with E-state index in [9.17, 15) is 9.90 Å². The van der Waals surface area contributed by atoms with Gasteiger partial charge in [0.2, 0.25) is 5.79 Å². The maximum Gasteiger partial charge on any atom is 0.336 e. The summed E-state index contributed by atoms with van der Waals surface area (Å²) in [5.41, 5.74) is 1.12. The number of carbonyl (C=O) groups is 1. The molecule has 1 heterocycles. The van der Waals surface area contributed by atoms with Crippen molar-refractivity contribution in [1.82, 2.24) is 0 Å². The molecule has 0 radical (unpaired) electrons. The first-order valence-electron chi connectivity index (χ1n) is 4.26. The molecule has 3 heteroatoms. The van der Waals surface area contributed by atoms with Crippen molar-refractivity contribution in [3.8, 4) is 0 Å². The fourth-order valence-electron chi connectivity index (χ4n) is 1.29. The smallest absolute Gasteiger partial charge is 0.336 e. The van der Waals surface area contributed by atoms with Crippen LogP contribution >= 0.6 is 0 Å². The SMILES string of the molecule is C=CCCC1(O)OC(=O)C(C)=C1C. The van der Waals surface area contributed by atoms with E-state index in [-0.39, 0.29) is 0 Å². The average molecular weight is 182 g/mol. The van der Waals surface area contributed by atoms with Crippen molar-refractivity contribution in [3.63, 3.8) is 0 Å². The van der Waals surface area contributed by atoms with Crippen LogP contribution in [0, 0.1) is 0 Å². The number of rotatable bonds is 3. The van der Waals surface area contributed by atoms with Gasteiger partial charge in [-0.15, -0.1) is 6.58 Å². The highest BCUT2D eigenvalue weighted by molar-refractivity contribution is 5.91. The van der Waals surface area contributed by atoms with E-state index >= 15 is 0 Å². The van der Waals surface area contributed by atoms with Crippen LogP contribution in [-0.2, 0) is 9.53 Å². The van der Waals surface area contributed by atoms with Crippen molar-refractivity contribution in [2.75, 3.05) is 0 Å². The van der Waals surface area contributed by atoms with Crippen LogP contribution < -0.4 is 0 Å². The predicted octanol–water partition coefficient (Wildman–Crippen LogP) is 1.53. The predicted molar refractivity (Wildman–Crippen MR) is 48.8 cm³/mol. The fourth-order valence-corrected chi connectivity index (χ4v) is 1.29. The standard InChI is InChI=1S/C10H14O3/c1-4-5-6-10(12)8(3)7(2)9(11)13-10/h4,12H,1,5-6H2,2-3H3. The van der Waals surface area contributed by atoms with Crippen LogP contribution in [0.2, 0.25) is 0 Å². The Hall–Kier alpha value is -1.09. The number of hydrogen-bond donors (Lipinski definition) is 1. The minimum absolute atomic E-state index is 0.380. The second-order valence-corrected chi connectivity index (χ2v) is 3.25. The lowest BCUT2D eigenvalue weighted by atomic mass is 10.0. The Labute approximate surface area is 77.7 Å². The monoisotopic (exact) mass is 182 g/mol. The Balaban J connectivity index is 2.83. The van der Waals surface area contributed by atoms with Gasteiger partial charge < -0.3 is 9.84 Å². The summed E-state index contributed by atoms with van der Waals surface area (Å²) in [6.07, 6.45) is 2.69. The molecular weight excluding hydrogens is 168 g/mol. The number of carbonyl (C=O) groups excluding carboxylic acids is 1. The van der Waals surface area contributed by atoms with E-state index in [0.717, 1.165) is 0 Å². The molecular formula is C10H14O3. The third kappa shape index (κ3) is 1.65. The Bertz CT molecular complexity index is 278. The maximum atomic E-state index is 11.1. The molecule has 0 aliphatic carbocycles. The first kappa shape index (κ1) is 9.99. The minimum atomic E-state index is -1.39. The normalized spacial score (nSPS) is 27.8. The summed E-state index contributed by atoms with van der Waals surface area (Å²) < 4.78 is 4.87. The largest absolute Gasteiger partial charge is 0.426 e. The van der Waals surface area contributed by atoms with Crippen LogP contribution in [0.1, 0.15) is 26.7 Å². The number of allylic oxidation sites excluding steroid dienone is 1. The molecule has 72 valence electrons. The van der Waals surface area contributed by atoms with Crippen molar-refractivity contribution in [2.24, 2.45) is 0 Å². The molecule has 0 aromatic heterocycles. The molecule has 0 saturated carbocycles. The first-order chi connectivity index (χ1) is 6.01. The average Bonchev–Trinajstić information content (AvgIpc) is 2.28. The second kappa shape index (κ2) is 3.34. The summed E-state index contributed by atoms with van der Waals surface area (Å²) in [7, 11) is 0. The van der Waals surface area contributed by atoms with Crippen LogP contribution in [0.25, 0.3) is 0 Å². The number of ether oxygens (including phenoxy) is 1. The zero-order valence-electron chi connectivity index (χ0n) is 7.96. The van der Waals surface area contributed by atoms with Crippen LogP contribution in [0.5, 0.6) is 0 Å². The zero-order chi connectivity index (χ0) is 10.1. The van der Waals surface area contributed by atoms with Gasteiger partial charge in [-0.2, -0.15) is 0 Å². The van der Waals surface area contributed by atoms with Gasteiger partial charge in [-0.1, -0.05) is 6.08 Å². The molecule has 1 N–H and O–H groups in total. The number of esters is 1. The van der Waals surface area contributed by atoms with E-state index < -0.39 is 11.8 Å². The molecule has 0 bridgehead atoms. The van der Waals surface area contributed by atoms with E-state index in [4.69, 9.17) is 4.74 Å². The summed E-state index contributed by atoms with van der Waals surface area (Å²) >= 11 is 0. The second-order valence-electron chi connectivity index (χ2n) is 3.25. The van der Waals surface area contributed by atoms with E-state index in [1.807, 2.05) is 0 Å². The number of hydrogen-bond acceptors (Lipinski definition) is 3. The van der Waals surface area contributed by atoms with Gasteiger partial charge in [-0.05, 0) is 20.3 Å². The lowest BCUT2D eigenvalue weighted by molar-refractivity contribution is -0.183. The molecule has 1 aliphatic heterocycles. The van der Waals surface area contributed by atoms with Gasteiger partial charge in [0.25, 0.3) is 0 Å². The third-order valence-corrected chi connectivity index (χ3v) is 2.40. The Kier molecular flexibility index (Phi) is 2.57. The van der Waals surface area contributed by atoms with E-state index in [2.05, 4.69) is 6.58 Å². The Morgan fingerprint density at radius 1 is 1.62 bits per heavy atom. The molecule has 1 aliphatic rings. The molecule has 0 spiro atoms. The van der Waals surface area contributed by atoms with Crippen LogP contribution in [0.15, 0.2) is 23.8 Å². The summed E-state index contributed by atoms with van der Waals surface area (Å²) in [6.45, 7) is 6.92. The number of cyclic esters (lactones) is 1. The van der Waals surface area contributed by atoms with Gasteiger partial charge in [-0.25, -0.2) is 4.79 Å². The van der Waals surface area contributed by atoms with Gasteiger partial charge in [0, 0.05) is 17.6 Å². The van der Waals surface area contributed by atoms with Crippen molar-refractivity contribution in [2.45, 2.75) is 32.5 Å². The highest BCUT2D eigenvalue weighted by atomic mass is 16.7. The molecule has 1 rings (SSSR count). The Morgan fingerprint density at radius 2 is 2.23 bits per heavy atom. The third-order valence-electron chi connectivity index (χ3n) is 2.40. The van der Waals surface area contributed by atoms with Crippen LogP contribution in [-0.4, -0.2) is 16.9 Å². The maximum absolute atomic E-state index is 11.1. The van der Waals surface area contributed by atoms with Crippen molar-refractivity contribution in [3.05, 3.63) is 23.8 Å². The molecule has 0 fully saturated rings.